The molecule has 0 bridgehead atoms. The minimum absolute atomic E-state index is 0.382. The number of aliphatic carboxylic acids is 3. The van der Waals surface area contributed by atoms with E-state index >= 15 is 0 Å². The topological polar surface area (TPSA) is 178 Å². The number of rotatable bonds is 13. The van der Waals surface area contributed by atoms with E-state index < -0.39 is 42.0 Å². The monoisotopic (exact) mass is 628 g/mol. The van der Waals surface area contributed by atoms with Crippen LogP contribution in [0.5, 0.6) is 5.75 Å². The number of carbonyl (C=O) groups is 3. The predicted octanol–water partition coefficient (Wildman–Crippen LogP) is 4.00. The number of aromatic nitrogens is 1. The molecule has 1 aromatic heterocycles. The molecule has 2 unspecified atom stereocenters. The van der Waals surface area contributed by atoms with E-state index in [1.54, 1.807) is 19.2 Å². The number of nitrogens with zero attached hydrogens (tertiary/aromatic N) is 2. The number of ether oxygens (including phenoxy) is 1. The molecule has 4 rings (SSSR count). The molecular formula is C32H37ClN2O9. The maximum atomic E-state index is 11.7. The molecule has 5 N–H and O–H groups in total. The summed E-state index contributed by atoms with van der Waals surface area (Å²) in [4.78, 5) is 37.5. The molecule has 0 saturated carbocycles. The van der Waals surface area contributed by atoms with E-state index in [0.29, 0.717) is 17.2 Å². The molecule has 236 valence electrons. The van der Waals surface area contributed by atoms with Crippen molar-refractivity contribution in [3.63, 3.8) is 0 Å². The molecule has 1 aliphatic heterocycles. The Hall–Kier alpha value is -4.03. The summed E-state index contributed by atoms with van der Waals surface area (Å²) < 4.78 is 5.96. The van der Waals surface area contributed by atoms with Gasteiger partial charge in [0.1, 0.15) is 18.0 Å². The lowest BCUT2D eigenvalue weighted by Gasteiger charge is -2.34. The van der Waals surface area contributed by atoms with Crippen molar-refractivity contribution in [1.82, 2.24) is 9.88 Å². The third-order valence-corrected chi connectivity index (χ3v) is 7.67. The standard InChI is InChI=1S/C26H29ClN2O2.C6H8O7/c1-26(30,22-8-2-3-9-23(22)27)25(24-10-4-5-15-28-24)20-11-13-21(14-12-20)31-19-18-29-16-6-7-17-29;7-3(8)1-6(13,5(11)12)2-4(9)10/h2-5,8-15,25,30H,6-7,16-19H2,1H3;13H,1-2H2,(H,7,8)(H,9,10)(H,11,12). The predicted molar refractivity (Wildman–Crippen MR) is 162 cm³/mol. The van der Waals surface area contributed by atoms with Crippen LogP contribution in [-0.2, 0) is 20.0 Å². The number of carboxylic acids is 3. The first-order valence-electron chi connectivity index (χ1n) is 14.1. The van der Waals surface area contributed by atoms with Crippen LogP contribution in [-0.4, -0.2) is 85.2 Å². The summed E-state index contributed by atoms with van der Waals surface area (Å²) in [5.41, 5.74) is -1.56. The Labute approximate surface area is 260 Å². The van der Waals surface area contributed by atoms with Crippen molar-refractivity contribution >= 4 is 29.5 Å². The second-order valence-corrected chi connectivity index (χ2v) is 11.2. The van der Waals surface area contributed by atoms with Gasteiger partial charge < -0.3 is 30.3 Å². The second kappa shape index (κ2) is 15.6. The average molecular weight is 629 g/mol. The zero-order valence-corrected chi connectivity index (χ0v) is 25.1. The van der Waals surface area contributed by atoms with Crippen LogP contribution in [0.1, 0.15) is 55.3 Å². The van der Waals surface area contributed by atoms with Gasteiger partial charge in [-0.15, -0.1) is 0 Å². The molecule has 2 atom stereocenters. The number of likely N-dealkylation sites (tertiary alicyclic amines) is 1. The Morgan fingerprint density at radius 2 is 1.50 bits per heavy atom. The summed E-state index contributed by atoms with van der Waals surface area (Å²) in [6.07, 6.45) is 2.04. The first kappa shape index (κ1) is 34.5. The molecule has 3 aromatic rings. The number of benzene rings is 2. The van der Waals surface area contributed by atoms with Crippen molar-refractivity contribution in [2.24, 2.45) is 0 Å². The number of carboxylic acid groups (broad SMARTS) is 3. The Morgan fingerprint density at radius 3 is 2.02 bits per heavy atom. The van der Waals surface area contributed by atoms with E-state index in [9.17, 15) is 19.5 Å². The van der Waals surface area contributed by atoms with Gasteiger partial charge in [0, 0.05) is 23.3 Å². The summed E-state index contributed by atoms with van der Waals surface area (Å²) in [6, 6.07) is 21.1. The van der Waals surface area contributed by atoms with Crippen LogP contribution in [0.3, 0.4) is 0 Å². The molecule has 2 heterocycles. The van der Waals surface area contributed by atoms with E-state index in [2.05, 4.69) is 9.88 Å². The summed E-state index contributed by atoms with van der Waals surface area (Å²) in [7, 11) is 0. The molecule has 0 spiro atoms. The molecule has 2 aromatic carbocycles. The zero-order chi connectivity index (χ0) is 32.3. The van der Waals surface area contributed by atoms with Crippen molar-refractivity contribution in [2.45, 2.75) is 49.7 Å². The van der Waals surface area contributed by atoms with Crippen LogP contribution in [0.15, 0.2) is 72.9 Å². The van der Waals surface area contributed by atoms with Gasteiger partial charge in [-0.1, -0.05) is 48.0 Å². The van der Waals surface area contributed by atoms with Crippen molar-refractivity contribution in [1.29, 1.82) is 0 Å². The van der Waals surface area contributed by atoms with Gasteiger partial charge in [-0.25, -0.2) is 4.79 Å². The van der Waals surface area contributed by atoms with Gasteiger partial charge in [0.2, 0.25) is 0 Å². The quantitative estimate of drug-likeness (QED) is 0.185. The number of aliphatic hydroxyl groups is 2. The molecule has 0 radical (unpaired) electrons. The highest BCUT2D eigenvalue weighted by Gasteiger charge is 2.41. The smallest absolute Gasteiger partial charge is 0.336 e. The number of hydrogen-bond acceptors (Lipinski definition) is 8. The van der Waals surface area contributed by atoms with E-state index in [4.69, 9.17) is 36.8 Å². The highest BCUT2D eigenvalue weighted by atomic mass is 35.5. The lowest BCUT2D eigenvalue weighted by Crippen LogP contribution is -2.42. The molecule has 12 heteroatoms. The van der Waals surface area contributed by atoms with Gasteiger partial charge in [0.15, 0.2) is 5.60 Å². The van der Waals surface area contributed by atoms with Crippen LogP contribution < -0.4 is 4.74 Å². The fraction of sp³-hybridized carbons (Fsp3) is 0.375. The van der Waals surface area contributed by atoms with Crippen LogP contribution in [0, 0.1) is 0 Å². The van der Waals surface area contributed by atoms with Gasteiger partial charge in [0.05, 0.1) is 24.5 Å². The second-order valence-electron chi connectivity index (χ2n) is 10.8. The maximum Gasteiger partial charge on any atom is 0.336 e. The minimum Gasteiger partial charge on any atom is -0.492 e. The molecule has 1 fully saturated rings. The van der Waals surface area contributed by atoms with Gasteiger partial charge in [-0.05, 0) is 68.8 Å². The van der Waals surface area contributed by atoms with Crippen molar-refractivity contribution in [3.05, 3.63) is 94.8 Å². The summed E-state index contributed by atoms with van der Waals surface area (Å²) in [6.45, 7) is 5.78. The third-order valence-electron chi connectivity index (χ3n) is 7.34. The van der Waals surface area contributed by atoms with E-state index in [1.165, 1.54) is 25.9 Å². The maximum absolute atomic E-state index is 11.7. The average Bonchev–Trinajstić information content (AvgIpc) is 3.48. The van der Waals surface area contributed by atoms with Gasteiger partial charge in [0.25, 0.3) is 0 Å². The van der Waals surface area contributed by atoms with Gasteiger partial charge >= 0.3 is 17.9 Å². The van der Waals surface area contributed by atoms with Crippen molar-refractivity contribution in [3.8, 4) is 5.75 Å². The lowest BCUT2D eigenvalue weighted by molar-refractivity contribution is -0.170. The largest absolute Gasteiger partial charge is 0.492 e. The van der Waals surface area contributed by atoms with Crippen molar-refractivity contribution in [2.75, 3.05) is 26.2 Å². The fourth-order valence-corrected chi connectivity index (χ4v) is 5.45. The minimum atomic E-state index is -2.74. The summed E-state index contributed by atoms with van der Waals surface area (Å²) in [5.74, 6) is -4.57. The lowest BCUT2D eigenvalue weighted by atomic mass is 9.76. The first-order chi connectivity index (χ1) is 20.8. The number of pyridine rings is 1. The Bertz CT molecular complexity index is 1380. The molecule has 0 aliphatic carbocycles. The summed E-state index contributed by atoms with van der Waals surface area (Å²) in [5, 5.41) is 46.1. The van der Waals surface area contributed by atoms with E-state index in [0.717, 1.165) is 23.6 Å². The highest BCUT2D eigenvalue weighted by molar-refractivity contribution is 6.31. The third kappa shape index (κ3) is 9.48. The molecule has 44 heavy (non-hydrogen) atoms. The zero-order valence-electron chi connectivity index (χ0n) is 24.3. The number of halogens is 1. The highest BCUT2D eigenvalue weighted by Crippen LogP contribution is 2.43. The Kier molecular flexibility index (Phi) is 12.2. The Morgan fingerprint density at radius 1 is 0.909 bits per heavy atom. The molecule has 1 aliphatic rings. The van der Waals surface area contributed by atoms with Crippen LogP contribution in [0.2, 0.25) is 5.02 Å². The van der Waals surface area contributed by atoms with Crippen LogP contribution in [0.25, 0.3) is 0 Å². The molecule has 0 amide bonds. The molecule has 1 saturated heterocycles. The van der Waals surface area contributed by atoms with Crippen molar-refractivity contribution < 1.29 is 44.7 Å². The van der Waals surface area contributed by atoms with Gasteiger partial charge in [-0.2, -0.15) is 0 Å². The van der Waals surface area contributed by atoms with Gasteiger partial charge in [-0.3, -0.25) is 19.5 Å². The number of hydrogen-bond donors (Lipinski definition) is 5. The SMILES string of the molecule is CC(O)(c1ccccc1Cl)C(c1ccc(OCCN2CCCC2)cc1)c1ccccn1.O=C(O)CC(O)(CC(=O)O)C(=O)O. The Balaban J connectivity index is 0.000000345. The summed E-state index contributed by atoms with van der Waals surface area (Å²) >= 11 is 6.46. The van der Waals surface area contributed by atoms with Crippen LogP contribution in [0.4, 0.5) is 0 Å². The van der Waals surface area contributed by atoms with E-state index in [-0.39, 0.29) is 5.92 Å². The van der Waals surface area contributed by atoms with Crippen LogP contribution >= 0.6 is 11.6 Å². The molecular weight excluding hydrogens is 592 g/mol. The first-order valence-corrected chi connectivity index (χ1v) is 14.4. The normalized spacial score (nSPS) is 15.4. The van der Waals surface area contributed by atoms with E-state index in [1.807, 2.05) is 60.7 Å². The fourth-order valence-electron chi connectivity index (χ4n) is 5.13. The molecule has 11 nitrogen and oxygen atoms in total.